The highest BCUT2D eigenvalue weighted by molar-refractivity contribution is 7.89. The number of nitrogens with two attached hydrogens (primary N) is 1. The molecule has 1 heterocycles. The van der Waals surface area contributed by atoms with E-state index in [1.54, 1.807) is 6.92 Å². The normalized spacial score (nSPS) is 12.8. The molecule has 5 N–H and O–H groups in total. The number of nitrogen functional groups attached to an aromatic ring is 1. The molecular formula is C10H17N5O3S. The van der Waals surface area contributed by atoms with Gasteiger partial charge in [-0.05, 0) is 26.0 Å². The molecule has 8 nitrogen and oxygen atoms in total. The molecule has 0 saturated carbocycles. The first kappa shape index (κ1) is 15.3. The van der Waals surface area contributed by atoms with Gasteiger partial charge in [0.2, 0.25) is 15.9 Å². The van der Waals surface area contributed by atoms with Gasteiger partial charge in [-0.1, -0.05) is 0 Å². The van der Waals surface area contributed by atoms with Crippen molar-refractivity contribution in [1.29, 1.82) is 0 Å². The number of sulfonamides is 1. The average molecular weight is 287 g/mol. The smallest absolute Gasteiger partial charge is 0.245 e. The molecule has 0 aromatic carbocycles. The molecule has 0 aliphatic carbocycles. The third-order valence-electron chi connectivity index (χ3n) is 2.27. The van der Waals surface area contributed by atoms with Gasteiger partial charge in [-0.2, -0.15) is 4.72 Å². The first-order chi connectivity index (χ1) is 8.92. The zero-order valence-corrected chi connectivity index (χ0v) is 11.5. The van der Waals surface area contributed by atoms with Crippen LogP contribution in [-0.4, -0.2) is 31.9 Å². The summed E-state index contributed by atoms with van der Waals surface area (Å²) in [6.45, 7) is 3.62. The van der Waals surface area contributed by atoms with Crippen LogP contribution in [-0.2, 0) is 14.8 Å². The van der Waals surface area contributed by atoms with Crippen molar-refractivity contribution in [2.75, 3.05) is 12.0 Å². The van der Waals surface area contributed by atoms with E-state index in [4.69, 9.17) is 5.84 Å². The number of hydrazine groups is 1. The van der Waals surface area contributed by atoms with E-state index < -0.39 is 22.0 Å². The lowest BCUT2D eigenvalue weighted by Gasteiger charge is -2.15. The summed E-state index contributed by atoms with van der Waals surface area (Å²) in [7, 11) is -3.88. The molecule has 1 amide bonds. The van der Waals surface area contributed by atoms with Gasteiger partial charge in [0.05, 0.1) is 6.04 Å². The van der Waals surface area contributed by atoms with Gasteiger partial charge in [0, 0.05) is 12.7 Å². The maximum absolute atomic E-state index is 12.1. The summed E-state index contributed by atoms with van der Waals surface area (Å²) < 4.78 is 26.5. The van der Waals surface area contributed by atoms with Gasteiger partial charge in [-0.3, -0.25) is 4.79 Å². The Hall–Kier alpha value is -1.71. The van der Waals surface area contributed by atoms with Gasteiger partial charge in [0.15, 0.2) is 5.82 Å². The molecular weight excluding hydrogens is 270 g/mol. The lowest BCUT2D eigenvalue weighted by molar-refractivity contribution is -0.122. The van der Waals surface area contributed by atoms with E-state index in [1.165, 1.54) is 25.3 Å². The molecule has 19 heavy (non-hydrogen) atoms. The second-order valence-electron chi connectivity index (χ2n) is 3.73. The predicted molar refractivity (Wildman–Crippen MR) is 70.5 cm³/mol. The zero-order valence-electron chi connectivity index (χ0n) is 10.7. The van der Waals surface area contributed by atoms with Crippen LogP contribution in [0.4, 0.5) is 5.82 Å². The van der Waals surface area contributed by atoms with Crippen LogP contribution >= 0.6 is 0 Å². The Morgan fingerprint density at radius 1 is 1.53 bits per heavy atom. The fraction of sp³-hybridized carbons (Fsp3) is 0.400. The Labute approximate surface area is 111 Å². The maximum atomic E-state index is 12.1. The van der Waals surface area contributed by atoms with Crippen molar-refractivity contribution in [1.82, 2.24) is 15.0 Å². The van der Waals surface area contributed by atoms with Crippen LogP contribution in [0.3, 0.4) is 0 Å². The van der Waals surface area contributed by atoms with Crippen molar-refractivity contribution in [3.8, 4) is 0 Å². The molecule has 0 aliphatic heterocycles. The number of rotatable bonds is 6. The Balaban J connectivity index is 2.96. The van der Waals surface area contributed by atoms with Crippen molar-refractivity contribution in [2.24, 2.45) is 5.84 Å². The second kappa shape index (κ2) is 6.45. The first-order valence-corrected chi connectivity index (χ1v) is 7.12. The lowest BCUT2D eigenvalue weighted by atomic mass is 10.3. The number of amides is 1. The van der Waals surface area contributed by atoms with E-state index in [2.05, 4.69) is 20.4 Å². The molecule has 1 aromatic heterocycles. The summed E-state index contributed by atoms with van der Waals surface area (Å²) >= 11 is 0. The van der Waals surface area contributed by atoms with Gasteiger partial charge in [0.25, 0.3) is 0 Å². The molecule has 0 bridgehead atoms. The van der Waals surface area contributed by atoms with Crippen LogP contribution in [0.25, 0.3) is 0 Å². The number of pyridine rings is 1. The van der Waals surface area contributed by atoms with Crippen molar-refractivity contribution in [2.45, 2.75) is 24.8 Å². The highest BCUT2D eigenvalue weighted by atomic mass is 32.2. The van der Waals surface area contributed by atoms with Crippen LogP contribution in [0.5, 0.6) is 0 Å². The van der Waals surface area contributed by atoms with Gasteiger partial charge in [0.1, 0.15) is 4.90 Å². The fourth-order valence-corrected chi connectivity index (χ4v) is 2.72. The number of nitrogens with one attached hydrogen (secondary N) is 3. The lowest BCUT2D eigenvalue weighted by Crippen LogP contribution is -2.44. The number of hydrogen-bond acceptors (Lipinski definition) is 6. The summed E-state index contributed by atoms with van der Waals surface area (Å²) in [5.41, 5.74) is 2.20. The first-order valence-electron chi connectivity index (χ1n) is 5.64. The molecule has 106 valence electrons. The minimum atomic E-state index is -3.88. The Bertz CT molecular complexity index is 546. The van der Waals surface area contributed by atoms with Crippen LogP contribution in [0.2, 0.25) is 0 Å². The number of nitrogens with zero attached hydrogens (tertiary/aromatic N) is 1. The van der Waals surface area contributed by atoms with Gasteiger partial charge >= 0.3 is 0 Å². The summed E-state index contributed by atoms with van der Waals surface area (Å²) in [5, 5.41) is 2.53. The number of anilines is 1. The quantitative estimate of drug-likeness (QED) is 0.399. The van der Waals surface area contributed by atoms with Crippen molar-refractivity contribution in [3.05, 3.63) is 18.3 Å². The standard InChI is InChI=1S/C10H17N5O3S/c1-3-12-10(16)7(2)15-19(17,18)8-5-4-6-13-9(8)14-11/h4-7,15H,3,11H2,1-2H3,(H,12,16)(H,13,14). The highest BCUT2D eigenvalue weighted by Gasteiger charge is 2.24. The summed E-state index contributed by atoms with van der Waals surface area (Å²) in [5.74, 6) is 4.81. The van der Waals surface area contributed by atoms with Crippen LogP contribution in [0.1, 0.15) is 13.8 Å². The third-order valence-corrected chi connectivity index (χ3v) is 3.85. The molecule has 0 saturated heterocycles. The minimum absolute atomic E-state index is 0.0121. The van der Waals surface area contributed by atoms with Crippen molar-refractivity contribution < 1.29 is 13.2 Å². The topological polar surface area (TPSA) is 126 Å². The Morgan fingerprint density at radius 3 is 2.79 bits per heavy atom. The van der Waals surface area contributed by atoms with E-state index >= 15 is 0 Å². The minimum Gasteiger partial charge on any atom is -0.355 e. The van der Waals surface area contributed by atoms with E-state index in [1.807, 2.05) is 0 Å². The summed E-state index contributed by atoms with van der Waals surface area (Å²) in [6, 6.07) is 1.91. The third kappa shape index (κ3) is 3.88. The SMILES string of the molecule is CCNC(=O)C(C)NS(=O)(=O)c1cccnc1NN. The summed E-state index contributed by atoms with van der Waals surface area (Å²) in [6.07, 6.45) is 1.40. The van der Waals surface area contributed by atoms with Gasteiger partial charge in [-0.15, -0.1) is 0 Å². The number of carbonyl (C=O) groups excluding carboxylic acids is 1. The Kier molecular flexibility index (Phi) is 5.21. The molecule has 1 atom stereocenters. The second-order valence-corrected chi connectivity index (χ2v) is 5.41. The molecule has 0 spiro atoms. The monoisotopic (exact) mass is 287 g/mol. The van der Waals surface area contributed by atoms with Gasteiger partial charge in [-0.25, -0.2) is 19.2 Å². The number of hydrogen-bond donors (Lipinski definition) is 4. The van der Waals surface area contributed by atoms with E-state index in [0.717, 1.165) is 0 Å². The number of likely N-dealkylation sites (N-methyl/N-ethyl adjacent to an activating group) is 1. The number of carbonyl (C=O) groups is 1. The largest absolute Gasteiger partial charge is 0.355 e. The molecule has 0 aliphatic rings. The molecule has 9 heteroatoms. The molecule has 1 rings (SSSR count). The molecule has 1 aromatic rings. The van der Waals surface area contributed by atoms with E-state index in [-0.39, 0.29) is 10.7 Å². The summed E-state index contributed by atoms with van der Waals surface area (Å²) in [4.78, 5) is 15.2. The van der Waals surface area contributed by atoms with Crippen LogP contribution in [0, 0.1) is 0 Å². The molecule has 0 fully saturated rings. The molecule has 0 radical (unpaired) electrons. The van der Waals surface area contributed by atoms with E-state index in [9.17, 15) is 13.2 Å². The Morgan fingerprint density at radius 2 is 2.21 bits per heavy atom. The van der Waals surface area contributed by atoms with E-state index in [0.29, 0.717) is 6.54 Å². The molecule has 1 unspecified atom stereocenters. The maximum Gasteiger partial charge on any atom is 0.245 e. The van der Waals surface area contributed by atoms with Crippen molar-refractivity contribution in [3.63, 3.8) is 0 Å². The van der Waals surface area contributed by atoms with Crippen LogP contribution in [0.15, 0.2) is 23.2 Å². The highest BCUT2D eigenvalue weighted by Crippen LogP contribution is 2.16. The zero-order chi connectivity index (χ0) is 14.5. The van der Waals surface area contributed by atoms with Crippen LogP contribution < -0.4 is 21.3 Å². The fourth-order valence-electron chi connectivity index (χ4n) is 1.39. The number of aromatic nitrogens is 1. The van der Waals surface area contributed by atoms with Gasteiger partial charge < -0.3 is 10.7 Å². The predicted octanol–water partition coefficient (Wildman–Crippen LogP) is -0.830. The van der Waals surface area contributed by atoms with Crippen molar-refractivity contribution >= 4 is 21.7 Å². The average Bonchev–Trinajstić information content (AvgIpc) is 2.38.